The zero-order valence-corrected chi connectivity index (χ0v) is 35.1. The Bertz CT molecular complexity index is 2850. The molecule has 0 aliphatic rings. The van der Waals surface area contributed by atoms with Crippen LogP contribution in [0.15, 0.2) is 94.4 Å². The van der Waals surface area contributed by atoms with Gasteiger partial charge in [0.2, 0.25) is 0 Å². The molecule has 0 spiro atoms. The van der Waals surface area contributed by atoms with Crippen LogP contribution < -0.4 is 9.47 Å². The fourth-order valence-electron chi connectivity index (χ4n) is 6.46. The van der Waals surface area contributed by atoms with Crippen molar-refractivity contribution in [2.75, 3.05) is 14.2 Å². The first-order valence-electron chi connectivity index (χ1n) is 17.8. The molecule has 0 saturated heterocycles. The Kier molecular flexibility index (Phi) is 12.1. The van der Waals surface area contributed by atoms with E-state index in [-0.39, 0.29) is 75.6 Å². The predicted molar refractivity (Wildman–Crippen MR) is 221 cm³/mol. The molecule has 0 fully saturated rings. The second-order valence-electron chi connectivity index (χ2n) is 13.1. The van der Waals surface area contributed by atoms with Crippen molar-refractivity contribution in [2.45, 2.75) is 12.8 Å². The number of halogens is 6. The summed E-state index contributed by atoms with van der Waals surface area (Å²) in [6, 6.07) is 14.2. The van der Waals surface area contributed by atoms with Crippen molar-refractivity contribution in [1.82, 2.24) is 39.5 Å². The number of carbonyl (C=O) groups excluding carboxylic acids is 2. The molecule has 0 amide bonds. The maximum absolute atomic E-state index is 14.5. The Hall–Kier alpha value is -6.40. The van der Waals surface area contributed by atoms with Crippen molar-refractivity contribution < 1.29 is 36.6 Å². The van der Waals surface area contributed by atoms with E-state index in [2.05, 4.69) is 62.0 Å². The Labute approximate surface area is 355 Å². The molecule has 0 N–H and O–H groups in total. The molecule has 0 aliphatic carbocycles. The van der Waals surface area contributed by atoms with E-state index in [0.29, 0.717) is 36.4 Å². The van der Waals surface area contributed by atoms with Crippen molar-refractivity contribution in [1.29, 1.82) is 0 Å². The maximum atomic E-state index is 14.5. The van der Waals surface area contributed by atoms with E-state index in [9.17, 15) is 27.2 Å². The van der Waals surface area contributed by atoms with Crippen molar-refractivity contribution in [3.63, 3.8) is 0 Å². The van der Waals surface area contributed by atoms with Gasteiger partial charge < -0.3 is 9.47 Å². The van der Waals surface area contributed by atoms with Crippen LogP contribution >= 0.6 is 31.9 Å². The first-order chi connectivity index (χ1) is 28.8. The molecule has 0 aliphatic heterocycles. The van der Waals surface area contributed by atoms with Gasteiger partial charge in [-0.25, -0.2) is 37.5 Å². The van der Waals surface area contributed by atoms with Crippen molar-refractivity contribution in [2.24, 2.45) is 14.1 Å². The summed E-state index contributed by atoms with van der Waals surface area (Å²) in [7, 11) is 6.15. The summed E-state index contributed by atoms with van der Waals surface area (Å²) in [5.41, 5.74) is 1.79. The van der Waals surface area contributed by atoms with E-state index < -0.39 is 23.3 Å². The molecule has 60 heavy (non-hydrogen) atoms. The lowest BCUT2D eigenvalue weighted by Crippen LogP contribution is -2.09. The highest BCUT2D eigenvalue weighted by Gasteiger charge is 2.22. The van der Waals surface area contributed by atoms with E-state index >= 15 is 0 Å². The molecule has 4 heterocycles. The number of hydrogen-bond donors (Lipinski definition) is 0. The van der Waals surface area contributed by atoms with Gasteiger partial charge in [-0.05, 0) is 91.5 Å². The molecule has 0 unspecified atom stereocenters. The molecular weight excluding hydrogens is 916 g/mol. The second-order valence-corrected chi connectivity index (χ2v) is 14.7. The largest absolute Gasteiger partial charge is 0.496 e. The van der Waals surface area contributed by atoms with Crippen molar-refractivity contribution in [3.8, 4) is 34.3 Å². The number of hydrogen-bond acceptors (Lipinski definition) is 10. The summed E-state index contributed by atoms with van der Waals surface area (Å²) < 4.78 is 72.1. The van der Waals surface area contributed by atoms with E-state index in [1.807, 2.05) is 0 Å². The zero-order chi connectivity index (χ0) is 42.8. The number of aryl methyl sites for hydroxylation is 2. The van der Waals surface area contributed by atoms with E-state index in [4.69, 9.17) is 9.47 Å². The van der Waals surface area contributed by atoms with E-state index in [0.717, 1.165) is 0 Å². The first-order valence-corrected chi connectivity index (χ1v) is 19.3. The van der Waals surface area contributed by atoms with Gasteiger partial charge in [0.25, 0.3) is 0 Å². The number of nitrogens with zero attached hydrogens (tertiary/aromatic N) is 8. The number of Topliss-reactive ketones (excluding diaryl/α,β-unsaturated/α-hetero) is 2. The molecule has 0 saturated carbocycles. The van der Waals surface area contributed by atoms with Crippen LogP contribution in [0.4, 0.5) is 17.6 Å². The molecule has 4 aromatic heterocycles. The van der Waals surface area contributed by atoms with Crippen LogP contribution in [-0.4, -0.2) is 65.3 Å². The van der Waals surface area contributed by atoms with Crippen LogP contribution in [0.3, 0.4) is 0 Å². The summed E-state index contributed by atoms with van der Waals surface area (Å²) in [5.74, 6) is -2.27. The average Bonchev–Trinajstić information content (AvgIpc) is 3.85. The molecule has 12 nitrogen and oxygen atoms in total. The minimum atomic E-state index is -0.564. The van der Waals surface area contributed by atoms with Gasteiger partial charge in [0, 0.05) is 65.2 Å². The van der Waals surface area contributed by atoms with Crippen LogP contribution in [-0.2, 0) is 26.9 Å². The van der Waals surface area contributed by atoms with Gasteiger partial charge >= 0.3 is 0 Å². The van der Waals surface area contributed by atoms with Gasteiger partial charge in [-0.15, -0.1) is 0 Å². The topological polar surface area (TPSA) is 140 Å². The molecule has 8 rings (SSSR count). The van der Waals surface area contributed by atoms with Crippen LogP contribution in [0.2, 0.25) is 0 Å². The van der Waals surface area contributed by atoms with Crippen molar-refractivity contribution in [3.05, 3.63) is 140 Å². The summed E-state index contributed by atoms with van der Waals surface area (Å²) in [5, 5.41) is 9.28. The fourth-order valence-corrected chi connectivity index (χ4v) is 7.55. The van der Waals surface area contributed by atoms with Gasteiger partial charge in [-0.2, -0.15) is 10.2 Å². The Morgan fingerprint density at radius 3 is 1.70 bits per heavy atom. The lowest BCUT2D eigenvalue weighted by molar-refractivity contribution is 0.0980. The third-order valence-electron chi connectivity index (χ3n) is 9.28. The summed E-state index contributed by atoms with van der Waals surface area (Å²) in [6.07, 6.45) is 5.75. The number of methoxy groups -OCH3 is 2. The number of aromatic nitrogens is 8. The highest BCUT2D eigenvalue weighted by atomic mass is 79.9. The first kappa shape index (κ1) is 41.7. The van der Waals surface area contributed by atoms with Gasteiger partial charge in [0.1, 0.15) is 51.4 Å². The van der Waals surface area contributed by atoms with E-state index in [1.165, 1.54) is 90.7 Å². The monoisotopic (exact) mass is 944 g/mol. The lowest BCUT2D eigenvalue weighted by atomic mass is 10.0. The van der Waals surface area contributed by atoms with Crippen LogP contribution in [0, 0.1) is 23.3 Å². The van der Waals surface area contributed by atoms with Gasteiger partial charge in [-0.3, -0.25) is 19.0 Å². The van der Waals surface area contributed by atoms with Gasteiger partial charge in [0.05, 0.1) is 31.5 Å². The highest BCUT2D eigenvalue weighted by Crippen LogP contribution is 2.34. The van der Waals surface area contributed by atoms with Crippen LogP contribution in [0.5, 0.6) is 11.5 Å². The summed E-state index contributed by atoms with van der Waals surface area (Å²) in [4.78, 5) is 42.3. The molecule has 304 valence electrons. The standard InChI is InChI=1S/2C21H15BrF2N4O2/c1-28-10-12-19(22)11(8-14(24)20(12)27-28)9-16(29)15-6-7-25-21(26-15)18-13(23)4-3-5-17(18)30-2;1-28-20-12(10-26-28)19(22)11(8-14(20)24)9-16(29)15-6-7-25-21(27-15)18-13(23)4-3-5-17(18)30-2/h2*3-8,10H,9H2,1-2H3. The third-order valence-corrected chi connectivity index (χ3v) is 11.2. The second kappa shape index (κ2) is 17.4. The van der Waals surface area contributed by atoms with Crippen LogP contribution in [0.25, 0.3) is 44.6 Å². The summed E-state index contributed by atoms with van der Waals surface area (Å²) in [6.45, 7) is 0. The molecule has 0 bridgehead atoms. The number of rotatable bonds is 10. The Morgan fingerprint density at radius 2 is 1.18 bits per heavy atom. The number of carbonyl (C=O) groups is 2. The average molecular weight is 947 g/mol. The summed E-state index contributed by atoms with van der Waals surface area (Å²) >= 11 is 6.88. The Balaban J connectivity index is 0.000000181. The van der Waals surface area contributed by atoms with Gasteiger partial charge in [0.15, 0.2) is 29.0 Å². The van der Waals surface area contributed by atoms with Crippen LogP contribution in [0.1, 0.15) is 32.1 Å². The SMILES string of the molecule is COc1cccc(F)c1-c1nccc(C(=O)Cc2cc(F)c3c(cnn3C)c2Br)n1.COc1cccc(F)c1-c1nccc(C(=O)Cc2cc(F)c3nn(C)cc3c2Br)n1. The highest BCUT2D eigenvalue weighted by molar-refractivity contribution is 9.11. The number of ether oxygens (including phenoxy) is 2. The smallest absolute Gasteiger partial charge is 0.185 e. The molecule has 0 atom stereocenters. The number of fused-ring (bicyclic) bond motifs is 2. The number of benzene rings is 4. The third kappa shape index (κ3) is 8.24. The predicted octanol–water partition coefficient (Wildman–Crippen LogP) is 9.01. The molecular formula is C42H30Br2F4N8O4. The maximum Gasteiger partial charge on any atom is 0.185 e. The normalized spacial score (nSPS) is 11.1. The minimum absolute atomic E-state index is 0.0313. The number of ketones is 2. The fraction of sp³-hybridized carbons (Fsp3) is 0.143. The van der Waals surface area contributed by atoms with Gasteiger partial charge in [-0.1, -0.05) is 12.1 Å². The zero-order valence-electron chi connectivity index (χ0n) is 32.0. The minimum Gasteiger partial charge on any atom is -0.496 e. The quantitative estimate of drug-likeness (QED) is 0.0964. The molecule has 4 aromatic carbocycles. The van der Waals surface area contributed by atoms with E-state index in [1.54, 1.807) is 32.4 Å². The molecule has 8 aromatic rings. The van der Waals surface area contributed by atoms with Crippen molar-refractivity contribution >= 4 is 65.2 Å². The molecule has 18 heteroatoms. The molecule has 0 radical (unpaired) electrons. The lowest BCUT2D eigenvalue weighted by Gasteiger charge is -2.10. The Morgan fingerprint density at radius 1 is 0.683 bits per heavy atom.